The van der Waals surface area contributed by atoms with Crippen molar-refractivity contribution in [1.29, 1.82) is 0 Å². The Labute approximate surface area is 206 Å². The number of nitro groups is 1. The number of nitrogens with zero attached hydrogens (tertiary/aromatic N) is 6. The van der Waals surface area contributed by atoms with Crippen molar-refractivity contribution in [2.24, 2.45) is 5.10 Å². The van der Waals surface area contributed by atoms with Gasteiger partial charge in [-0.2, -0.15) is 23.0 Å². The largest absolute Gasteiger partial charge is 0.301 e. The van der Waals surface area contributed by atoms with Crippen LogP contribution in [0.1, 0.15) is 30.4 Å². The third-order valence-corrected chi connectivity index (χ3v) is 8.15. The molecule has 0 bridgehead atoms. The molecule has 34 heavy (non-hydrogen) atoms. The SMILES string of the molecule is Cc1ccc([N+](=O)[O-])cc1S(=O)(=O)N(CCN1CCCCC1)N=Cc1cnn2ccc(Br)cc12. The molecule has 0 radical (unpaired) electrons. The van der Waals surface area contributed by atoms with E-state index in [1.807, 2.05) is 12.1 Å². The molecule has 0 N–H and O–H groups in total. The molecule has 4 rings (SSSR count). The van der Waals surface area contributed by atoms with Gasteiger partial charge in [0.05, 0.1) is 34.3 Å². The molecule has 0 amide bonds. The van der Waals surface area contributed by atoms with E-state index in [4.69, 9.17) is 0 Å². The van der Waals surface area contributed by atoms with Crippen LogP contribution in [0.25, 0.3) is 5.52 Å². The Balaban J connectivity index is 1.69. The minimum atomic E-state index is -4.14. The average molecular weight is 549 g/mol. The van der Waals surface area contributed by atoms with Gasteiger partial charge in [0.25, 0.3) is 15.7 Å². The minimum absolute atomic E-state index is 0.125. The van der Waals surface area contributed by atoms with Crippen LogP contribution in [-0.4, -0.2) is 64.7 Å². The molecule has 0 unspecified atom stereocenters. The fraction of sp³-hybridized carbons (Fsp3) is 0.364. The van der Waals surface area contributed by atoms with Gasteiger partial charge in [-0.15, -0.1) is 0 Å². The number of rotatable bonds is 8. The van der Waals surface area contributed by atoms with Gasteiger partial charge < -0.3 is 4.90 Å². The maximum absolute atomic E-state index is 13.6. The Morgan fingerprint density at radius 3 is 2.74 bits per heavy atom. The molecule has 1 saturated heterocycles. The molecule has 180 valence electrons. The van der Waals surface area contributed by atoms with Crippen LogP contribution < -0.4 is 0 Å². The fourth-order valence-corrected chi connectivity index (χ4v) is 5.74. The minimum Gasteiger partial charge on any atom is -0.301 e. The number of pyridine rings is 1. The van der Waals surface area contributed by atoms with Crippen molar-refractivity contribution in [1.82, 2.24) is 18.9 Å². The molecule has 1 fully saturated rings. The Morgan fingerprint density at radius 2 is 2.00 bits per heavy atom. The second-order valence-corrected chi connectivity index (χ2v) is 10.9. The summed E-state index contributed by atoms with van der Waals surface area (Å²) in [5, 5.41) is 19.9. The summed E-state index contributed by atoms with van der Waals surface area (Å²) in [4.78, 5) is 12.8. The highest BCUT2D eigenvalue weighted by atomic mass is 79.9. The number of hydrogen-bond donors (Lipinski definition) is 0. The first-order chi connectivity index (χ1) is 16.3. The van der Waals surface area contributed by atoms with E-state index < -0.39 is 14.9 Å². The summed E-state index contributed by atoms with van der Waals surface area (Å²) < 4.78 is 30.8. The zero-order valence-corrected chi connectivity index (χ0v) is 21.1. The molecule has 0 spiro atoms. The molecule has 0 saturated carbocycles. The highest BCUT2D eigenvalue weighted by molar-refractivity contribution is 9.10. The summed E-state index contributed by atoms with van der Waals surface area (Å²) >= 11 is 3.44. The zero-order valence-electron chi connectivity index (χ0n) is 18.7. The molecular formula is C22H25BrN6O4S. The van der Waals surface area contributed by atoms with Crippen LogP contribution in [-0.2, 0) is 10.0 Å². The Kier molecular flexibility index (Phi) is 7.29. The predicted octanol–water partition coefficient (Wildman–Crippen LogP) is 3.82. The molecule has 0 atom stereocenters. The lowest BCUT2D eigenvalue weighted by Crippen LogP contribution is -2.38. The molecule has 1 aliphatic rings. The predicted molar refractivity (Wildman–Crippen MR) is 133 cm³/mol. The number of benzene rings is 1. The number of nitro benzene ring substituents is 1. The van der Waals surface area contributed by atoms with Crippen LogP contribution >= 0.6 is 15.9 Å². The van der Waals surface area contributed by atoms with Crippen LogP contribution in [0.15, 0.2) is 57.2 Å². The molecule has 1 aromatic carbocycles. The quantitative estimate of drug-likeness (QED) is 0.240. The maximum atomic E-state index is 13.6. The smallest absolute Gasteiger partial charge is 0.279 e. The summed E-state index contributed by atoms with van der Waals surface area (Å²) in [6, 6.07) is 7.56. The normalized spacial score (nSPS) is 15.2. The van der Waals surface area contributed by atoms with E-state index >= 15 is 0 Å². The Morgan fingerprint density at radius 1 is 1.24 bits per heavy atom. The van der Waals surface area contributed by atoms with Crippen molar-refractivity contribution in [3.05, 3.63) is 68.4 Å². The molecule has 0 aliphatic carbocycles. The lowest BCUT2D eigenvalue weighted by molar-refractivity contribution is -0.385. The lowest BCUT2D eigenvalue weighted by atomic mass is 10.1. The van der Waals surface area contributed by atoms with Gasteiger partial charge in [-0.1, -0.05) is 28.4 Å². The summed E-state index contributed by atoms with van der Waals surface area (Å²) in [6.45, 7) is 4.09. The van der Waals surface area contributed by atoms with Gasteiger partial charge >= 0.3 is 0 Å². The lowest BCUT2D eigenvalue weighted by Gasteiger charge is -2.28. The number of aromatic nitrogens is 2. The van der Waals surface area contributed by atoms with E-state index in [0.29, 0.717) is 17.7 Å². The Bertz CT molecular complexity index is 1330. The second kappa shape index (κ2) is 10.2. The van der Waals surface area contributed by atoms with E-state index in [1.54, 1.807) is 23.8 Å². The van der Waals surface area contributed by atoms with E-state index in [0.717, 1.165) is 46.4 Å². The first kappa shape index (κ1) is 24.3. The molecule has 1 aliphatic heterocycles. The third-order valence-electron chi connectivity index (χ3n) is 5.83. The molecule has 3 heterocycles. The third kappa shape index (κ3) is 5.29. The highest BCUT2D eigenvalue weighted by Gasteiger charge is 2.28. The van der Waals surface area contributed by atoms with Gasteiger partial charge in [0.1, 0.15) is 0 Å². The number of sulfonamides is 1. The number of hydrogen-bond acceptors (Lipinski definition) is 7. The first-order valence-corrected chi connectivity index (χ1v) is 13.2. The number of piperidine rings is 1. The number of halogens is 1. The summed E-state index contributed by atoms with van der Waals surface area (Å²) in [5.41, 5.74) is 1.55. The Hall–Kier alpha value is -2.83. The van der Waals surface area contributed by atoms with Crippen molar-refractivity contribution < 1.29 is 13.3 Å². The zero-order chi connectivity index (χ0) is 24.3. The fourth-order valence-electron chi connectivity index (χ4n) is 3.94. The summed E-state index contributed by atoms with van der Waals surface area (Å²) in [6.07, 6.45) is 8.20. The average Bonchev–Trinajstić information content (AvgIpc) is 3.21. The van der Waals surface area contributed by atoms with Crippen LogP contribution in [0.5, 0.6) is 0 Å². The van der Waals surface area contributed by atoms with Crippen molar-refractivity contribution in [2.75, 3.05) is 26.2 Å². The van der Waals surface area contributed by atoms with Crippen LogP contribution in [0, 0.1) is 17.0 Å². The summed E-state index contributed by atoms with van der Waals surface area (Å²) in [7, 11) is -4.14. The van der Waals surface area contributed by atoms with Crippen LogP contribution in [0.3, 0.4) is 0 Å². The van der Waals surface area contributed by atoms with E-state index in [2.05, 4.69) is 31.0 Å². The van der Waals surface area contributed by atoms with Gasteiger partial charge in [0.2, 0.25) is 0 Å². The number of hydrazone groups is 1. The number of likely N-dealkylation sites (tertiary alicyclic amines) is 1. The van der Waals surface area contributed by atoms with E-state index in [-0.39, 0.29) is 17.1 Å². The standard InChI is InChI=1S/C22H25BrN6O4S/c1-17-5-6-20(29(30)31)14-22(17)34(32,33)28(12-11-26-8-3-2-4-9-26)25-16-18-15-24-27-10-7-19(23)13-21(18)27/h5-7,10,13-16H,2-4,8-9,11-12H2,1H3. The van der Waals surface area contributed by atoms with Gasteiger partial charge in [0.15, 0.2) is 0 Å². The van der Waals surface area contributed by atoms with Crippen molar-refractivity contribution in [3.8, 4) is 0 Å². The topological polar surface area (TPSA) is 113 Å². The molecular weight excluding hydrogens is 524 g/mol. The molecule has 2 aromatic heterocycles. The van der Waals surface area contributed by atoms with Crippen molar-refractivity contribution >= 4 is 43.4 Å². The highest BCUT2D eigenvalue weighted by Crippen LogP contribution is 2.25. The first-order valence-electron chi connectivity index (χ1n) is 10.9. The molecule has 3 aromatic rings. The van der Waals surface area contributed by atoms with Crippen LogP contribution in [0.2, 0.25) is 0 Å². The monoisotopic (exact) mass is 548 g/mol. The second-order valence-electron chi connectivity index (χ2n) is 8.18. The van der Waals surface area contributed by atoms with Gasteiger partial charge in [0, 0.05) is 34.9 Å². The van der Waals surface area contributed by atoms with Crippen molar-refractivity contribution in [3.63, 3.8) is 0 Å². The molecule has 12 heteroatoms. The number of non-ortho nitro benzene ring substituents is 1. The summed E-state index contributed by atoms with van der Waals surface area (Å²) in [5.74, 6) is 0. The van der Waals surface area contributed by atoms with E-state index in [1.165, 1.54) is 24.8 Å². The van der Waals surface area contributed by atoms with Crippen molar-refractivity contribution in [2.45, 2.75) is 31.1 Å². The maximum Gasteiger partial charge on any atom is 0.279 e. The number of aryl methyl sites for hydroxylation is 1. The number of fused-ring (bicyclic) bond motifs is 1. The van der Waals surface area contributed by atoms with Gasteiger partial charge in [-0.05, 0) is 50.6 Å². The van der Waals surface area contributed by atoms with Gasteiger partial charge in [-0.3, -0.25) is 10.1 Å². The van der Waals surface area contributed by atoms with Gasteiger partial charge in [-0.25, -0.2) is 4.52 Å². The van der Waals surface area contributed by atoms with E-state index in [9.17, 15) is 18.5 Å². The van der Waals surface area contributed by atoms with Crippen LogP contribution in [0.4, 0.5) is 5.69 Å². The molecule has 10 nitrogen and oxygen atoms in total.